The van der Waals surface area contributed by atoms with Crippen molar-refractivity contribution in [3.05, 3.63) is 29.3 Å². The number of hydrogen-bond acceptors (Lipinski definition) is 4. The Morgan fingerprint density at radius 1 is 1.19 bits per heavy atom. The number of piperidine rings is 1. The first-order valence-electron chi connectivity index (χ1n) is 10.4. The van der Waals surface area contributed by atoms with E-state index in [2.05, 4.69) is 30.0 Å². The van der Waals surface area contributed by atoms with Crippen molar-refractivity contribution in [3.63, 3.8) is 0 Å². The van der Waals surface area contributed by atoms with E-state index in [1.54, 1.807) is 0 Å². The number of aromatic hydroxyl groups is 1. The van der Waals surface area contributed by atoms with E-state index in [-0.39, 0.29) is 11.5 Å². The van der Waals surface area contributed by atoms with E-state index in [4.69, 9.17) is 0 Å². The summed E-state index contributed by atoms with van der Waals surface area (Å²) >= 11 is 0. The number of hydrogen-bond donors (Lipinski definition) is 2. The van der Waals surface area contributed by atoms with Crippen LogP contribution >= 0.6 is 0 Å². The lowest BCUT2D eigenvalue weighted by atomic mass is 9.48. The van der Waals surface area contributed by atoms with Crippen LogP contribution in [-0.4, -0.2) is 64.9 Å². The second-order valence-corrected chi connectivity index (χ2v) is 9.62. The van der Waals surface area contributed by atoms with E-state index in [1.165, 1.54) is 24.0 Å². The molecule has 26 heavy (non-hydrogen) atoms. The van der Waals surface area contributed by atoms with Gasteiger partial charge in [0.05, 0.1) is 5.60 Å². The lowest BCUT2D eigenvalue weighted by Gasteiger charge is -2.65. The lowest BCUT2D eigenvalue weighted by Crippen LogP contribution is -2.74. The van der Waals surface area contributed by atoms with Gasteiger partial charge in [-0.3, -0.25) is 4.90 Å². The molecule has 1 saturated heterocycles. The van der Waals surface area contributed by atoms with Crippen molar-refractivity contribution >= 4 is 0 Å². The molecule has 3 aliphatic carbocycles. The molecule has 1 aromatic carbocycles. The molecule has 0 radical (unpaired) electrons. The van der Waals surface area contributed by atoms with E-state index in [0.717, 1.165) is 51.1 Å². The molecule has 4 unspecified atom stereocenters. The van der Waals surface area contributed by atoms with E-state index >= 15 is 0 Å². The van der Waals surface area contributed by atoms with Gasteiger partial charge in [0, 0.05) is 24.0 Å². The first-order chi connectivity index (χ1) is 12.4. The van der Waals surface area contributed by atoms with Gasteiger partial charge < -0.3 is 15.1 Å². The Hall–Kier alpha value is -1.10. The molecule has 1 aromatic rings. The van der Waals surface area contributed by atoms with Crippen LogP contribution in [0.5, 0.6) is 5.75 Å². The molecule has 4 aliphatic rings. The second kappa shape index (κ2) is 5.70. The number of nitrogens with zero attached hydrogens (tertiary/aromatic N) is 2. The number of phenolic OH excluding ortho intramolecular Hbond substituents is 1. The highest BCUT2D eigenvalue weighted by molar-refractivity contribution is 5.48. The van der Waals surface area contributed by atoms with E-state index in [0.29, 0.717) is 11.8 Å². The Morgan fingerprint density at radius 2 is 2.00 bits per heavy atom. The van der Waals surface area contributed by atoms with Gasteiger partial charge in [-0.05, 0) is 94.8 Å². The van der Waals surface area contributed by atoms with Crippen molar-refractivity contribution in [1.29, 1.82) is 0 Å². The molecule has 1 aliphatic heterocycles. The molecule has 1 heterocycles. The monoisotopic (exact) mass is 356 g/mol. The smallest absolute Gasteiger partial charge is 0.115 e. The van der Waals surface area contributed by atoms with Gasteiger partial charge in [-0.2, -0.15) is 0 Å². The maximum absolute atomic E-state index is 12.2. The quantitative estimate of drug-likeness (QED) is 0.874. The van der Waals surface area contributed by atoms with Crippen LogP contribution in [0.2, 0.25) is 0 Å². The average molecular weight is 357 g/mol. The van der Waals surface area contributed by atoms with E-state index in [9.17, 15) is 10.2 Å². The van der Waals surface area contributed by atoms with Crippen LogP contribution in [0.25, 0.3) is 0 Å². The second-order valence-electron chi connectivity index (χ2n) is 9.62. The SMILES string of the molecule is CN(C)C1CCC2(O)C3Cc4ccc(O)cc4C2(CCN3CC2CC2)C1. The average Bonchev–Trinajstić information content (AvgIpc) is 3.41. The Bertz CT molecular complexity index is 716. The minimum absolute atomic E-state index is 0.211. The van der Waals surface area contributed by atoms with Crippen LogP contribution < -0.4 is 0 Å². The van der Waals surface area contributed by atoms with Gasteiger partial charge in [-0.25, -0.2) is 0 Å². The summed E-state index contributed by atoms with van der Waals surface area (Å²) in [6, 6.07) is 6.63. The van der Waals surface area contributed by atoms with Crippen LogP contribution in [0, 0.1) is 5.92 Å². The van der Waals surface area contributed by atoms with Crippen molar-refractivity contribution in [1.82, 2.24) is 9.80 Å². The van der Waals surface area contributed by atoms with Crippen LogP contribution in [0.4, 0.5) is 0 Å². The molecule has 5 rings (SSSR count). The van der Waals surface area contributed by atoms with Crippen molar-refractivity contribution in [2.24, 2.45) is 5.92 Å². The third-order valence-corrected chi connectivity index (χ3v) is 8.03. The third kappa shape index (κ3) is 2.31. The molecule has 2 saturated carbocycles. The fourth-order valence-electron chi connectivity index (χ4n) is 6.37. The largest absolute Gasteiger partial charge is 0.508 e. The van der Waals surface area contributed by atoms with Gasteiger partial charge in [-0.15, -0.1) is 0 Å². The molecule has 0 aromatic heterocycles. The van der Waals surface area contributed by atoms with E-state index < -0.39 is 5.60 Å². The normalized spacial score (nSPS) is 39.5. The number of fused-ring (bicyclic) bond motifs is 1. The molecule has 2 bridgehead atoms. The molecule has 0 spiro atoms. The van der Waals surface area contributed by atoms with Crippen LogP contribution in [0.1, 0.15) is 49.7 Å². The van der Waals surface area contributed by atoms with Crippen molar-refractivity contribution in [2.75, 3.05) is 27.2 Å². The summed E-state index contributed by atoms with van der Waals surface area (Å²) in [6.07, 6.45) is 7.59. The number of rotatable bonds is 3. The molecule has 4 nitrogen and oxygen atoms in total. The maximum atomic E-state index is 12.2. The zero-order valence-corrected chi connectivity index (χ0v) is 16.1. The Kier molecular flexibility index (Phi) is 3.73. The van der Waals surface area contributed by atoms with Crippen LogP contribution in [0.15, 0.2) is 18.2 Å². The zero-order valence-electron chi connectivity index (χ0n) is 16.1. The molecule has 3 fully saturated rings. The summed E-state index contributed by atoms with van der Waals surface area (Å²) in [5.41, 5.74) is 1.70. The minimum atomic E-state index is -0.659. The van der Waals surface area contributed by atoms with Crippen molar-refractivity contribution < 1.29 is 10.2 Å². The summed E-state index contributed by atoms with van der Waals surface area (Å²) in [6.45, 7) is 2.24. The molecular formula is C22H32N2O2. The van der Waals surface area contributed by atoms with Gasteiger partial charge in [0.25, 0.3) is 0 Å². The minimum Gasteiger partial charge on any atom is -0.508 e. The van der Waals surface area contributed by atoms with Crippen LogP contribution in [0.3, 0.4) is 0 Å². The standard InChI is InChI=1S/C22H32N2O2/c1-23(2)17-7-8-22(26)20-11-16-5-6-18(25)12-19(16)21(22,13-17)9-10-24(20)14-15-3-4-15/h5-6,12,15,17,20,25-26H,3-4,7-11,13-14H2,1-2H3. The molecule has 4 atom stereocenters. The van der Waals surface area contributed by atoms with Gasteiger partial charge in [0.2, 0.25) is 0 Å². The van der Waals surface area contributed by atoms with Crippen molar-refractivity contribution in [3.8, 4) is 5.75 Å². The summed E-state index contributed by atoms with van der Waals surface area (Å²) in [5, 5.41) is 22.4. The topological polar surface area (TPSA) is 46.9 Å². The maximum Gasteiger partial charge on any atom is 0.115 e. The van der Waals surface area contributed by atoms with Gasteiger partial charge in [0.1, 0.15) is 5.75 Å². The predicted octanol–water partition coefficient (Wildman–Crippen LogP) is 2.52. The summed E-state index contributed by atoms with van der Waals surface area (Å²) in [7, 11) is 4.33. The number of likely N-dealkylation sites (tertiary alicyclic amines) is 1. The molecular weight excluding hydrogens is 324 g/mol. The molecule has 142 valence electrons. The summed E-state index contributed by atoms with van der Waals surface area (Å²) in [5.74, 6) is 1.19. The predicted molar refractivity (Wildman–Crippen MR) is 102 cm³/mol. The highest BCUT2D eigenvalue weighted by Gasteiger charge is 2.64. The summed E-state index contributed by atoms with van der Waals surface area (Å²) < 4.78 is 0. The van der Waals surface area contributed by atoms with E-state index in [1.807, 2.05) is 12.1 Å². The van der Waals surface area contributed by atoms with Crippen LogP contribution in [-0.2, 0) is 11.8 Å². The highest BCUT2D eigenvalue weighted by atomic mass is 16.3. The lowest BCUT2D eigenvalue weighted by molar-refractivity contribution is -0.175. The zero-order chi connectivity index (χ0) is 18.1. The first kappa shape index (κ1) is 17.0. The number of benzene rings is 1. The molecule has 0 amide bonds. The Balaban J connectivity index is 1.62. The Labute approximate surface area is 156 Å². The Morgan fingerprint density at radius 3 is 2.73 bits per heavy atom. The van der Waals surface area contributed by atoms with Crippen molar-refractivity contribution in [2.45, 2.75) is 68.0 Å². The highest BCUT2D eigenvalue weighted by Crippen LogP contribution is 2.59. The third-order valence-electron chi connectivity index (χ3n) is 8.03. The number of phenols is 1. The molecule has 4 heteroatoms. The molecule has 2 N–H and O–H groups in total. The fraction of sp³-hybridized carbons (Fsp3) is 0.727. The van der Waals surface area contributed by atoms with Gasteiger partial charge in [-0.1, -0.05) is 6.07 Å². The summed E-state index contributed by atoms with van der Waals surface area (Å²) in [4.78, 5) is 4.94. The van der Waals surface area contributed by atoms with Gasteiger partial charge in [0.15, 0.2) is 0 Å². The number of aliphatic hydroxyl groups is 1. The first-order valence-corrected chi connectivity index (χ1v) is 10.4. The fourth-order valence-corrected chi connectivity index (χ4v) is 6.37. The van der Waals surface area contributed by atoms with Gasteiger partial charge >= 0.3 is 0 Å².